The summed E-state index contributed by atoms with van der Waals surface area (Å²) in [4.78, 5) is 25.4. The van der Waals surface area contributed by atoms with Gasteiger partial charge in [0.25, 0.3) is 0 Å². The van der Waals surface area contributed by atoms with Gasteiger partial charge in [-0.05, 0) is 12.8 Å². The molecule has 1 aliphatic heterocycles. The van der Waals surface area contributed by atoms with E-state index in [1.165, 1.54) is 11.3 Å². The highest BCUT2D eigenvalue weighted by Crippen LogP contribution is 2.45. The van der Waals surface area contributed by atoms with Crippen LogP contribution in [0, 0.1) is 5.41 Å². The van der Waals surface area contributed by atoms with E-state index in [1.54, 1.807) is 0 Å². The molecule has 1 heterocycles. The van der Waals surface area contributed by atoms with Gasteiger partial charge in [0.1, 0.15) is 0 Å². The van der Waals surface area contributed by atoms with Gasteiger partial charge >= 0.3 is 0 Å². The van der Waals surface area contributed by atoms with Crippen LogP contribution >= 0.6 is 12.2 Å². The number of hydrogen-bond acceptors (Lipinski definition) is 3. The molecule has 1 saturated carbocycles. The second-order valence-corrected chi connectivity index (χ2v) is 5.29. The van der Waals surface area contributed by atoms with E-state index >= 15 is 0 Å². The van der Waals surface area contributed by atoms with E-state index in [1.807, 2.05) is 0 Å². The molecule has 0 atom stereocenters. The molecule has 0 radical (unpaired) electrons. The minimum atomic E-state index is -0.417. The normalized spacial score (nSPS) is 24.1. The lowest BCUT2D eigenvalue weighted by Crippen LogP contribution is -2.40. The fraction of sp³-hybridized carbons (Fsp3) is 0.727. The summed E-state index contributed by atoms with van der Waals surface area (Å²) in [6.45, 7) is 0.106. The van der Waals surface area contributed by atoms with Crippen molar-refractivity contribution in [3.63, 3.8) is 0 Å². The van der Waals surface area contributed by atoms with Crippen molar-refractivity contribution in [2.75, 3.05) is 6.54 Å². The molecule has 5 heteroatoms. The molecule has 2 N–H and O–H groups in total. The molecule has 0 aromatic carbocycles. The molecule has 4 nitrogen and oxygen atoms in total. The molecular weight excluding hydrogens is 224 g/mol. The number of nitrogens with two attached hydrogens (primary N) is 1. The highest BCUT2D eigenvalue weighted by atomic mass is 32.1. The fourth-order valence-corrected chi connectivity index (χ4v) is 2.92. The second kappa shape index (κ2) is 4.13. The summed E-state index contributed by atoms with van der Waals surface area (Å²) in [6, 6.07) is 0. The zero-order chi connectivity index (χ0) is 11.8. The van der Waals surface area contributed by atoms with Crippen LogP contribution in [0.4, 0.5) is 0 Å². The van der Waals surface area contributed by atoms with Crippen molar-refractivity contribution in [2.24, 2.45) is 11.1 Å². The van der Waals surface area contributed by atoms with Gasteiger partial charge in [-0.1, -0.05) is 31.5 Å². The molecule has 0 aromatic rings. The molecule has 88 valence electrons. The molecule has 2 aliphatic rings. The maximum atomic E-state index is 12.2. The average Bonchev–Trinajstić information content (AvgIpc) is 2.44. The van der Waals surface area contributed by atoms with Gasteiger partial charge < -0.3 is 5.73 Å². The molecule has 0 bridgehead atoms. The number of nitrogens with zero attached hydrogens (tertiary/aromatic N) is 1. The lowest BCUT2D eigenvalue weighted by molar-refractivity contribution is -0.141. The van der Waals surface area contributed by atoms with Crippen molar-refractivity contribution >= 4 is 29.0 Å². The Morgan fingerprint density at radius 2 is 1.94 bits per heavy atom. The first kappa shape index (κ1) is 11.5. The molecule has 16 heavy (non-hydrogen) atoms. The summed E-state index contributed by atoms with van der Waals surface area (Å²) in [6.07, 6.45) is 5.28. The van der Waals surface area contributed by atoms with Crippen LogP contribution in [0.15, 0.2) is 0 Å². The van der Waals surface area contributed by atoms with Gasteiger partial charge in [-0.3, -0.25) is 14.5 Å². The maximum Gasteiger partial charge on any atom is 0.236 e. The van der Waals surface area contributed by atoms with Crippen LogP contribution in [-0.4, -0.2) is 28.2 Å². The molecule has 0 aromatic heterocycles. The van der Waals surface area contributed by atoms with Crippen molar-refractivity contribution in [1.29, 1.82) is 0 Å². The second-order valence-electron chi connectivity index (χ2n) is 4.77. The minimum Gasteiger partial charge on any atom is -0.392 e. The minimum absolute atomic E-state index is 0.0509. The lowest BCUT2D eigenvalue weighted by Gasteiger charge is -2.30. The lowest BCUT2D eigenvalue weighted by atomic mass is 9.73. The van der Waals surface area contributed by atoms with E-state index in [0.717, 1.165) is 25.7 Å². The average molecular weight is 240 g/mol. The number of imide groups is 1. The quantitative estimate of drug-likeness (QED) is 0.577. The largest absolute Gasteiger partial charge is 0.392 e. The van der Waals surface area contributed by atoms with Gasteiger partial charge in [0.05, 0.1) is 16.9 Å². The Morgan fingerprint density at radius 1 is 1.31 bits per heavy atom. The number of likely N-dealkylation sites (tertiary alicyclic amines) is 1. The van der Waals surface area contributed by atoms with Gasteiger partial charge in [-0.15, -0.1) is 0 Å². The third-order valence-corrected chi connectivity index (χ3v) is 3.74. The molecular formula is C11H16N2O2S. The van der Waals surface area contributed by atoms with E-state index < -0.39 is 5.41 Å². The zero-order valence-corrected chi connectivity index (χ0v) is 10.0. The van der Waals surface area contributed by atoms with Crippen molar-refractivity contribution in [3.05, 3.63) is 0 Å². The predicted octanol–water partition coefficient (Wildman–Crippen LogP) is 0.982. The van der Waals surface area contributed by atoms with Crippen LogP contribution in [-0.2, 0) is 9.59 Å². The molecule has 0 unspecified atom stereocenters. The Balaban J connectivity index is 2.17. The summed E-state index contributed by atoms with van der Waals surface area (Å²) in [5.74, 6) is -0.162. The summed E-state index contributed by atoms with van der Waals surface area (Å²) < 4.78 is 0. The van der Waals surface area contributed by atoms with Gasteiger partial charge in [0.2, 0.25) is 11.8 Å². The summed E-state index contributed by atoms with van der Waals surface area (Å²) in [5.41, 5.74) is 4.98. The van der Waals surface area contributed by atoms with Crippen LogP contribution < -0.4 is 5.73 Å². The SMILES string of the molecule is NC(=S)CN1C(=O)CC2(CCCCC2)C1=O. The van der Waals surface area contributed by atoms with Gasteiger partial charge in [-0.2, -0.15) is 0 Å². The first-order chi connectivity index (χ1) is 7.55. The van der Waals surface area contributed by atoms with Crippen molar-refractivity contribution in [1.82, 2.24) is 4.90 Å². The van der Waals surface area contributed by atoms with Crippen LogP contribution in [0.1, 0.15) is 38.5 Å². The third kappa shape index (κ3) is 1.84. The van der Waals surface area contributed by atoms with Crippen LogP contribution in [0.2, 0.25) is 0 Å². The molecule has 2 rings (SSSR count). The third-order valence-electron chi connectivity index (χ3n) is 3.61. The summed E-state index contributed by atoms with van der Waals surface area (Å²) in [7, 11) is 0. The maximum absolute atomic E-state index is 12.2. The standard InChI is InChI=1S/C11H16N2O2S/c12-8(16)7-13-9(14)6-11(10(13)15)4-2-1-3-5-11/h1-7H2,(H2,12,16). The van der Waals surface area contributed by atoms with Gasteiger partial charge in [0.15, 0.2) is 0 Å². The molecule has 1 spiro atoms. The smallest absolute Gasteiger partial charge is 0.236 e. The van der Waals surface area contributed by atoms with E-state index in [0.29, 0.717) is 6.42 Å². The van der Waals surface area contributed by atoms with Gasteiger partial charge in [0, 0.05) is 6.42 Å². The summed E-state index contributed by atoms with van der Waals surface area (Å²) in [5, 5.41) is 0. The van der Waals surface area contributed by atoms with E-state index in [2.05, 4.69) is 0 Å². The molecule has 1 aliphatic carbocycles. The van der Waals surface area contributed by atoms with Crippen molar-refractivity contribution in [3.8, 4) is 0 Å². The van der Waals surface area contributed by atoms with E-state index in [9.17, 15) is 9.59 Å². The monoisotopic (exact) mass is 240 g/mol. The van der Waals surface area contributed by atoms with Crippen LogP contribution in [0.25, 0.3) is 0 Å². The Kier molecular flexibility index (Phi) is 2.97. The Morgan fingerprint density at radius 3 is 2.50 bits per heavy atom. The fourth-order valence-electron chi connectivity index (χ4n) is 2.80. The number of carbonyl (C=O) groups excluding carboxylic acids is 2. The van der Waals surface area contributed by atoms with Crippen molar-refractivity contribution in [2.45, 2.75) is 38.5 Å². The topological polar surface area (TPSA) is 63.4 Å². The number of hydrogen-bond donors (Lipinski definition) is 1. The van der Waals surface area contributed by atoms with E-state index in [-0.39, 0.29) is 23.3 Å². The first-order valence-electron chi connectivity index (χ1n) is 5.68. The number of carbonyl (C=O) groups is 2. The first-order valence-corrected chi connectivity index (χ1v) is 6.09. The van der Waals surface area contributed by atoms with Crippen LogP contribution in [0.3, 0.4) is 0 Å². The molecule has 2 fully saturated rings. The number of amides is 2. The highest BCUT2D eigenvalue weighted by molar-refractivity contribution is 7.80. The van der Waals surface area contributed by atoms with Crippen LogP contribution in [0.5, 0.6) is 0 Å². The Hall–Kier alpha value is -0.970. The van der Waals surface area contributed by atoms with Gasteiger partial charge in [-0.25, -0.2) is 0 Å². The number of rotatable bonds is 2. The Bertz CT molecular complexity index is 348. The van der Waals surface area contributed by atoms with Crippen molar-refractivity contribution < 1.29 is 9.59 Å². The van der Waals surface area contributed by atoms with E-state index in [4.69, 9.17) is 18.0 Å². The highest BCUT2D eigenvalue weighted by Gasteiger charge is 2.51. The summed E-state index contributed by atoms with van der Waals surface area (Å²) >= 11 is 4.76. The molecule has 1 saturated heterocycles. The Labute approximate surface area is 100 Å². The molecule has 2 amide bonds. The predicted molar refractivity (Wildman–Crippen MR) is 63.6 cm³/mol. The zero-order valence-electron chi connectivity index (χ0n) is 9.20. The number of thiocarbonyl (C=S) groups is 1.